The minimum atomic E-state index is -0.780. The molecule has 0 bridgehead atoms. The van der Waals surface area contributed by atoms with Crippen LogP contribution in [0.2, 0.25) is 0 Å². The number of hydroxylamine groups is 1. The molecule has 0 aliphatic heterocycles. The van der Waals surface area contributed by atoms with Crippen LogP contribution in [0.3, 0.4) is 0 Å². The van der Waals surface area contributed by atoms with Gasteiger partial charge in [0.1, 0.15) is 17.5 Å². The lowest BCUT2D eigenvalue weighted by molar-refractivity contribution is 0.0165. The highest BCUT2D eigenvalue weighted by molar-refractivity contribution is 5.94. The van der Waals surface area contributed by atoms with Crippen molar-refractivity contribution in [2.24, 2.45) is 0 Å². The fourth-order valence-corrected chi connectivity index (χ4v) is 3.30. The van der Waals surface area contributed by atoms with Crippen LogP contribution in [0.5, 0.6) is 0 Å². The highest BCUT2D eigenvalue weighted by Crippen LogP contribution is 2.26. The number of anilines is 2. The monoisotopic (exact) mass is 465 g/mol. The van der Waals surface area contributed by atoms with Gasteiger partial charge in [-0.1, -0.05) is 12.1 Å². The Labute approximate surface area is 193 Å². The predicted octanol–water partition coefficient (Wildman–Crippen LogP) is 3.42. The second-order valence-corrected chi connectivity index (χ2v) is 7.33. The van der Waals surface area contributed by atoms with E-state index < -0.39 is 17.5 Å². The Morgan fingerprint density at radius 1 is 1.09 bits per heavy atom. The normalized spacial score (nSPS) is 10.9. The van der Waals surface area contributed by atoms with Crippen LogP contribution in [0.25, 0.3) is 22.2 Å². The van der Waals surface area contributed by atoms with Gasteiger partial charge in [0.2, 0.25) is 0 Å². The lowest BCUT2D eigenvalue weighted by Crippen LogP contribution is -2.26. The van der Waals surface area contributed by atoms with Crippen LogP contribution in [0.1, 0.15) is 15.9 Å². The number of nitrogens with two attached hydrogens (primary N) is 1. The highest BCUT2D eigenvalue weighted by atomic mass is 19.1. The van der Waals surface area contributed by atoms with Gasteiger partial charge in [-0.3, -0.25) is 14.6 Å². The topological polar surface area (TPSA) is 122 Å². The Kier molecular flexibility index (Phi) is 6.90. The van der Waals surface area contributed by atoms with Crippen molar-refractivity contribution in [3.8, 4) is 11.3 Å². The van der Waals surface area contributed by atoms with Gasteiger partial charge in [-0.2, -0.15) is 0 Å². The summed E-state index contributed by atoms with van der Waals surface area (Å²) in [7, 11) is 0. The van der Waals surface area contributed by atoms with Crippen molar-refractivity contribution in [1.29, 1.82) is 0 Å². The second-order valence-electron chi connectivity index (χ2n) is 7.33. The standard InChI is InChI=1S/C24H21F2N5O3/c25-18-12-22-14(2-1-7-28-22)10-16(18)13-29-23-20(27)5-6-21(30-23)15-3-4-17(19(26)11-15)24(33)31-34-9-8-32/h1-7,10-12,32H,8-9,13,27H2,(H,29,30)(H,31,33). The molecule has 0 aliphatic carbocycles. The van der Waals surface area contributed by atoms with Gasteiger partial charge in [0, 0.05) is 35.3 Å². The summed E-state index contributed by atoms with van der Waals surface area (Å²) in [6.07, 6.45) is 1.60. The number of nitrogens with zero attached hydrogens (tertiary/aromatic N) is 2. The van der Waals surface area contributed by atoms with Crippen LogP contribution in [-0.2, 0) is 11.4 Å². The number of fused-ring (bicyclic) bond motifs is 1. The molecule has 2 aromatic heterocycles. The highest BCUT2D eigenvalue weighted by Gasteiger charge is 2.14. The average molecular weight is 465 g/mol. The third-order valence-electron chi connectivity index (χ3n) is 5.01. The molecule has 0 unspecified atom stereocenters. The van der Waals surface area contributed by atoms with Crippen LogP contribution in [0.4, 0.5) is 20.3 Å². The summed E-state index contributed by atoms with van der Waals surface area (Å²) >= 11 is 0. The summed E-state index contributed by atoms with van der Waals surface area (Å²) in [4.78, 5) is 25.3. The van der Waals surface area contributed by atoms with E-state index in [1.807, 2.05) is 11.5 Å². The number of nitrogen functional groups attached to an aromatic ring is 1. The minimum Gasteiger partial charge on any atom is -0.396 e. The fraction of sp³-hybridized carbons (Fsp3) is 0.125. The molecular formula is C24H21F2N5O3. The van der Waals surface area contributed by atoms with Crippen LogP contribution in [0, 0.1) is 11.6 Å². The van der Waals surface area contributed by atoms with Crippen molar-refractivity contribution in [2.45, 2.75) is 6.54 Å². The Morgan fingerprint density at radius 3 is 2.74 bits per heavy atom. The number of aromatic nitrogens is 2. The van der Waals surface area contributed by atoms with Crippen molar-refractivity contribution < 1.29 is 23.5 Å². The summed E-state index contributed by atoms with van der Waals surface area (Å²) in [5.74, 6) is -1.66. The number of nitrogens with one attached hydrogen (secondary N) is 2. The first-order chi connectivity index (χ1) is 16.5. The summed E-state index contributed by atoms with van der Waals surface area (Å²) in [5, 5.41) is 12.5. The summed E-state index contributed by atoms with van der Waals surface area (Å²) in [6.45, 7) is -0.277. The third-order valence-corrected chi connectivity index (χ3v) is 5.01. The van der Waals surface area contributed by atoms with Crippen LogP contribution in [0.15, 0.2) is 60.8 Å². The van der Waals surface area contributed by atoms with E-state index in [2.05, 4.69) is 15.3 Å². The molecule has 2 aromatic carbocycles. The number of rotatable bonds is 8. The molecule has 0 saturated heterocycles. The van der Waals surface area contributed by atoms with Crippen LogP contribution >= 0.6 is 0 Å². The van der Waals surface area contributed by atoms with E-state index in [1.165, 1.54) is 24.3 Å². The molecule has 0 fully saturated rings. The summed E-state index contributed by atoms with van der Waals surface area (Å²) < 4.78 is 29.0. The molecular weight excluding hydrogens is 444 g/mol. The van der Waals surface area contributed by atoms with Gasteiger partial charge in [0.25, 0.3) is 5.91 Å². The molecule has 0 radical (unpaired) electrons. The van der Waals surface area contributed by atoms with E-state index in [0.29, 0.717) is 33.8 Å². The molecule has 8 nitrogen and oxygen atoms in total. The number of benzene rings is 2. The van der Waals surface area contributed by atoms with Gasteiger partial charge in [0.05, 0.1) is 35.7 Å². The van der Waals surface area contributed by atoms with Gasteiger partial charge < -0.3 is 16.2 Å². The van der Waals surface area contributed by atoms with Crippen molar-refractivity contribution in [1.82, 2.24) is 15.4 Å². The number of carbonyl (C=O) groups excluding carboxylic acids is 1. The molecule has 2 heterocycles. The van der Waals surface area contributed by atoms with E-state index >= 15 is 0 Å². The zero-order valence-corrected chi connectivity index (χ0v) is 17.9. The number of hydrogen-bond donors (Lipinski definition) is 4. The van der Waals surface area contributed by atoms with Crippen molar-refractivity contribution in [2.75, 3.05) is 24.3 Å². The van der Waals surface area contributed by atoms with Gasteiger partial charge in [-0.15, -0.1) is 0 Å². The zero-order valence-electron chi connectivity index (χ0n) is 17.9. The summed E-state index contributed by atoms with van der Waals surface area (Å²) in [6, 6.07) is 13.9. The molecule has 4 rings (SSSR count). The molecule has 34 heavy (non-hydrogen) atoms. The molecule has 10 heteroatoms. The van der Waals surface area contributed by atoms with Crippen molar-refractivity contribution >= 4 is 28.3 Å². The lowest BCUT2D eigenvalue weighted by atomic mass is 10.1. The Morgan fingerprint density at radius 2 is 1.94 bits per heavy atom. The number of carbonyl (C=O) groups is 1. The van der Waals surface area contributed by atoms with Crippen LogP contribution < -0.4 is 16.5 Å². The van der Waals surface area contributed by atoms with Gasteiger partial charge in [0.15, 0.2) is 0 Å². The van der Waals surface area contributed by atoms with E-state index in [1.54, 1.807) is 30.5 Å². The first kappa shape index (κ1) is 23.0. The van der Waals surface area contributed by atoms with E-state index in [-0.39, 0.29) is 25.3 Å². The maximum Gasteiger partial charge on any atom is 0.277 e. The molecule has 174 valence electrons. The molecule has 0 aliphatic rings. The van der Waals surface area contributed by atoms with E-state index in [4.69, 9.17) is 15.7 Å². The maximum absolute atomic E-state index is 14.5. The number of pyridine rings is 2. The van der Waals surface area contributed by atoms with Crippen molar-refractivity contribution in [3.05, 3.63) is 83.6 Å². The van der Waals surface area contributed by atoms with Crippen LogP contribution in [-0.4, -0.2) is 34.2 Å². The SMILES string of the molecule is Nc1ccc(-c2ccc(C(=O)NOCCO)c(F)c2)nc1NCc1cc2cccnc2cc1F. The Hall–Kier alpha value is -4.15. The van der Waals surface area contributed by atoms with E-state index in [0.717, 1.165) is 5.39 Å². The molecule has 1 amide bonds. The fourth-order valence-electron chi connectivity index (χ4n) is 3.30. The molecule has 0 atom stereocenters. The largest absolute Gasteiger partial charge is 0.396 e. The third kappa shape index (κ3) is 5.08. The number of aliphatic hydroxyl groups is 1. The Balaban J connectivity index is 1.53. The second kappa shape index (κ2) is 10.2. The predicted molar refractivity (Wildman–Crippen MR) is 124 cm³/mol. The first-order valence-electron chi connectivity index (χ1n) is 10.3. The van der Waals surface area contributed by atoms with Gasteiger partial charge >= 0.3 is 0 Å². The number of halogens is 2. The number of aliphatic hydroxyl groups excluding tert-OH is 1. The molecule has 5 N–H and O–H groups in total. The van der Waals surface area contributed by atoms with E-state index in [9.17, 15) is 13.6 Å². The smallest absolute Gasteiger partial charge is 0.277 e. The maximum atomic E-state index is 14.5. The minimum absolute atomic E-state index is 0.115. The Bertz CT molecular complexity index is 1350. The van der Waals surface area contributed by atoms with Gasteiger partial charge in [-0.05, 0) is 36.4 Å². The molecule has 4 aromatic rings. The molecule has 0 saturated carbocycles. The van der Waals surface area contributed by atoms with Crippen molar-refractivity contribution in [3.63, 3.8) is 0 Å². The summed E-state index contributed by atoms with van der Waals surface area (Å²) in [5.41, 5.74) is 9.98. The first-order valence-corrected chi connectivity index (χ1v) is 10.3. The van der Waals surface area contributed by atoms with Gasteiger partial charge in [-0.25, -0.2) is 19.2 Å². The quantitative estimate of drug-likeness (QED) is 0.232. The zero-order chi connectivity index (χ0) is 24.1. The number of hydrogen-bond acceptors (Lipinski definition) is 7. The molecule has 0 spiro atoms. The lowest BCUT2D eigenvalue weighted by Gasteiger charge is -2.12. The number of amides is 1. The average Bonchev–Trinajstić information content (AvgIpc) is 2.83.